The largest absolute Gasteiger partial charge is 0.378 e. The van der Waals surface area contributed by atoms with Gasteiger partial charge in [-0.15, -0.1) is 0 Å². The Bertz CT molecular complexity index is 711. The van der Waals surface area contributed by atoms with Gasteiger partial charge in [-0.2, -0.15) is 5.10 Å². The van der Waals surface area contributed by atoms with Crippen molar-refractivity contribution in [3.05, 3.63) is 42.4 Å². The summed E-state index contributed by atoms with van der Waals surface area (Å²) in [7, 11) is 0. The highest BCUT2D eigenvalue weighted by atomic mass is 16.5. The monoisotopic (exact) mass is 343 g/mol. The number of ether oxygens (including phenoxy) is 1. The standard InChI is InChI=1S/C17H21N5O3/c23-15(4-5-16(24)21-9-11-25-12-10-21)19-13-14-3-1-6-18-17(14)22-8-2-7-20-22/h1-3,6-8H,4-5,9-13H2,(H,19,23). The van der Waals surface area contributed by atoms with Gasteiger partial charge in [0.15, 0.2) is 5.82 Å². The molecule has 25 heavy (non-hydrogen) atoms. The molecule has 8 nitrogen and oxygen atoms in total. The summed E-state index contributed by atoms with van der Waals surface area (Å²) in [6, 6.07) is 5.52. The highest BCUT2D eigenvalue weighted by Gasteiger charge is 2.17. The van der Waals surface area contributed by atoms with E-state index in [2.05, 4.69) is 15.4 Å². The molecule has 3 rings (SSSR count). The highest BCUT2D eigenvalue weighted by Crippen LogP contribution is 2.10. The van der Waals surface area contributed by atoms with Gasteiger partial charge >= 0.3 is 0 Å². The lowest BCUT2D eigenvalue weighted by atomic mass is 10.2. The highest BCUT2D eigenvalue weighted by molar-refractivity contribution is 5.83. The topological polar surface area (TPSA) is 89.4 Å². The Morgan fingerprint density at radius 3 is 2.76 bits per heavy atom. The maximum atomic E-state index is 12.1. The molecule has 132 valence electrons. The van der Waals surface area contributed by atoms with Crippen LogP contribution in [0.1, 0.15) is 18.4 Å². The second kappa shape index (κ2) is 8.39. The number of aromatic nitrogens is 3. The van der Waals surface area contributed by atoms with E-state index in [1.807, 2.05) is 18.2 Å². The van der Waals surface area contributed by atoms with E-state index in [4.69, 9.17) is 4.74 Å². The van der Waals surface area contributed by atoms with E-state index < -0.39 is 0 Å². The number of hydrogen-bond donors (Lipinski definition) is 1. The molecule has 0 spiro atoms. The summed E-state index contributed by atoms with van der Waals surface area (Å²) in [6.07, 6.45) is 5.55. The minimum absolute atomic E-state index is 0.00272. The summed E-state index contributed by atoms with van der Waals surface area (Å²) in [5.41, 5.74) is 0.860. The maximum Gasteiger partial charge on any atom is 0.223 e. The second-order valence-corrected chi connectivity index (χ2v) is 5.71. The van der Waals surface area contributed by atoms with E-state index >= 15 is 0 Å². The molecule has 0 aliphatic carbocycles. The molecular weight excluding hydrogens is 322 g/mol. The van der Waals surface area contributed by atoms with Crippen LogP contribution in [0.3, 0.4) is 0 Å². The first kappa shape index (κ1) is 17.1. The molecule has 8 heteroatoms. The number of morpholine rings is 1. The number of rotatable bonds is 6. The lowest BCUT2D eigenvalue weighted by Gasteiger charge is -2.26. The van der Waals surface area contributed by atoms with Crippen LogP contribution in [0.5, 0.6) is 0 Å². The first-order chi connectivity index (χ1) is 12.2. The van der Waals surface area contributed by atoms with Crippen LogP contribution in [0.4, 0.5) is 0 Å². The lowest BCUT2D eigenvalue weighted by Crippen LogP contribution is -2.41. The normalized spacial score (nSPS) is 14.3. The summed E-state index contributed by atoms with van der Waals surface area (Å²) in [5, 5.41) is 7.01. The molecule has 0 bridgehead atoms. The number of nitrogens with zero attached hydrogens (tertiary/aromatic N) is 4. The smallest absolute Gasteiger partial charge is 0.223 e. The van der Waals surface area contributed by atoms with Crippen molar-refractivity contribution in [2.24, 2.45) is 0 Å². The third-order valence-corrected chi connectivity index (χ3v) is 3.99. The van der Waals surface area contributed by atoms with Crippen molar-refractivity contribution >= 4 is 11.8 Å². The Morgan fingerprint density at radius 1 is 1.16 bits per heavy atom. The third-order valence-electron chi connectivity index (χ3n) is 3.99. The van der Waals surface area contributed by atoms with Gasteiger partial charge in [0.1, 0.15) is 0 Å². The van der Waals surface area contributed by atoms with Crippen molar-refractivity contribution in [1.29, 1.82) is 0 Å². The molecule has 1 saturated heterocycles. The van der Waals surface area contributed by atoms with Gasteiger partial charge in [0.25, 0.3) is 0 Å². The average Bonchev–Trinajstić information content (AvgIpc) is 3.20. The Morgan fingerprint density at radius 2 is 2.00 bits per heavy atom. The van der Waals surface area contributed by atoms with Crippen molar-refractivity contribution in [1.82, 2.24) is 25.0 Å². The summed E-state index contributed by atoms with van der Waals surface area (Å²) in [5.74, 6) is 0.520. The molecule has 2 aromatic rings. The number of hydrogen-bond acceptors (Lipinski definition) is 5. The van der Waals surface area contributed by atoms with Crippen molar-refractivity contribution in [2.75, 3.05) is 26.3 Å². The zero-order valence-corrected chi connectivity index (χ0v) is 13.9. The fourth-order valence-corrected chi connectivity index (χ4v) is 2.64. The number of amides is 2. The Hall–Kier alpha value is -2.74. The van der Waals surface area contributed by atoms with E-state index in [0.717, 1.165) is 5.56 Å². The number of carbonyl (C=O) groups excluding carboxylic acids is 2. The quantitative estimate of drug-likeness (QED) is 0.826. The van der Waals surface area contributed by atoms with Gasteiger partial charge in [0.05, 0.1) is 13.2 Å². The van der Waals surface area contributed by atoms with E-state index in [9.17, 15) is 9.59 Å². The Balaban J connectivity index is 1.49. The maximum absolute atomic E-state index is 12.1. The fourth-order valence-electron chi connectivity index (χ4n) is 2.64. The van der Waals surface area contributed by atoms with Crippen LogP contribution in [-0.4, -0.2) is 57.8 Å². The van der Waals surface area contributed by atoms with Crippen LogP contribution >= 0.6 is 0 Å². The van der Waals surface area contributed by atoms with Gasteiger partial charge in [-0.3, -0.25) is 9.59 Å². The zero-order chi connectivity index (χ0) is 17.5. The SMILES string of the molecule is O=C(CCC(=O)N1CCOCC1)NCc1cccnc1-n1cccn1. The molecule has 0 saturated carbocycles. The first-order valence-electron chi connectivity index (χ1n) is 8.30. The van der Waals surface area contributed by atoms with Crippen LogP contribution in [0.25, 0.3) is 5.82 Å². The fraction of sp³-hybridized carbons (Fsp3) is 0.412. The predicted molar refractivity (Wildman–Crippen MR) is 89.8 cm³/mol. The van der Waals surface area contributed by atoms with Crippen molar-refractivity contribution in [3.8, 4) is 5.82 Å². The number of nitrogens with one attached hydrogen (secondary N) is 1. The molecule has 0 aromatic carbocycles. The van der Waals surface area contributed by atoms with Gasteiger partial charge in [-0.25, -0.2) is 9.67 Å². The summed E-state index contributed by atoms with van der Waals surface area (Å²) >= 11 is 0. The van der Waals surface area contributed by atoms with E-state index in [1.54, 1.807) is 28.2 Å². The minimum atomic E-state index is -0.156. The molecule has 1 N–H and O–H groups in total. The molecule has 1 aliphatic rings. The first-order valence-corrected chi connectivity index (χ1v) is 8.30. The third kappa shape index (κ3) is 4.63. The lowest BCUT2D eigenvalue weighted by molar-refractivity contribution is -0.137. The predicted octanol–water partition coefficient (Wildman–Crippen LogP) is 0.523. The summed E-state index contributed by atoms with van der Waals surface area (Å²) in [6.45, 7) is 2.67. The summed E-state index contributed by atoms with van der Waals surface area (Å²) < 4.78 is 6.87. The van der Waals surface area contributed by atoms with Crippen LogP contribution < -0.4 is 5.32 Å². The summed E-state index contributed by atoms with van der Waals surface area (Å²) in [4.78, 5) is 30.2. The van der Waals surface area contributed by atoms with E-state index in [1.165, 1.54) is 0 Å². The van der Waals surface area contributed by atoms with E-state index in [-0.39, 0.29) is 24.7 Å². The van der Waals surface area contributed by atoms with Gasteiger partial charge in [-0.05, 0) is 12.1 Å². The Labute approximate surface area is 145 Å². The molecule has 0 atom stereocenters. The van der Waals surface area contributed by atoms with Crippen LogP contribution in [0.2, 0.25) is 0 Å². The Kier molecular flexibility index (Phi) is 5.73. The van der Waals surface area contributed by atoms with Gasteiger partial charge in [-0.1, -0.05) is 6.07 Å². The molecule has 3 heterocycles. The van der Waals surface area contributed by atoms with Crippen molar-refractivity contribution in [2.45, 2.75) is 19.4 Å². The van der Waals surface area contributed by atoms with Crippen molar-refractivity contribution < 1.29 is 14.3 Å². The van der Waals surface area contributed by atoms with Gasteiger partial charge < -0.3 is 15.0 Å². The van der Waals surface area contributed by atoms with Crippen LogP contribution in [-0.2, 0) is 20.9 Å². The number of carbonyl (C=O) groups is 2. The van der Waals surface area contributed by atoms with E-state index in [0.29, 0.717) is 38.7 Å². The average molecular weight is 343 g/mol. The molecule has 0 unspecified atom stereocenters. The van der Waals surface area contributed by atoms with Crippen LogP contribution in [0, 0.1) is 0 Å². The molecule has 2 amide bonds. The molecular formula is C17H21N5O3. The van der Waals surface area contributed by atoms with Gasteiger partial charge in [0, 0.05) is 56.6 Å². The molecule has 2 aromatic heterocycles. The van der Waals surface area contributed by atoms with Gasteiger partial charge in [0.2, 0.25) is 11.8 Å². The number of pyridine rings is 1. The zero-order valence-electron chi connectivity index (χ0n) is 13.9. The second-order valence-electron chi connectivity index (χ2n) is 5.71. The van der Waals surface area contributed by atoms with Crippen LogP contribution in [0.15, 0.2) is 36.8 Å². The molecule has 1 aliphatic heterocycles. The molecule has 0 radical (unpaired) electrons. The molecule has 1 fully saturated rings. The van der Waals surface area contributed by atoms with Crippen molar-refractivity contribution in [3.63, 3.8) is 0 Å². The minimum Gasteiger partial charge on any atom is -0.378 e.